The van der Waals surface area contributed by atoms with Crippen molar-refractivity contribution >= 4 is 47.5 Å². The zero-order valence-electron chi connectivity index (χ0n) is 21.2. The molecule has 0 fully saturated rings. The topological polar surface area (TPSA) is 179 Å². The van der Waals surface area contributed by atoms with Gasteiger partial charge in [-0.15, -0.1) is 0 Å². The van der Waals surface area contributed by atoms with Gasteiger partial charge in [-0.1, -0.05) is 64.7 Å². The fraction of sp³-hybridized carbons (Fsp3) is 0.870. The van der Waals surface area contributed by atoms with Crippen LogP contribution in [0.5, 0.6) is 0 Å². The molecule has 0 aliphatic rings. The third kappa shape index (κ3) is 85.9. The molecule has 10 nitrogen and oxygen atoms in total. The molecule has 0 rings (SSSR count). The van der Waals surface area contributed by atoms with Gasteiger partial charge in [0.2, 0.25) is 0 Å². The van der Waals surface area contributed by atoms with Crippen molar-refractivity contribution in [2.75, 3.05) is 32.8 Å². The summed E-state index contributed by atoms with van der Waals surface area (Å²) in [5, 5.41) is 34.9. The van der Waals surface area contributed by atoms with E-state index in [1.807, 2.05) is 0 Å². The van der Waals surface area contributed by atoms with Crippen LogP contribution in [0, 0.1) is 0 Å². The molecule has 0 aromatic heterocycles. The van der Waals surface area contributed by atoms with Crippen LogP contribution in [0.15, 0.2) is 0 Å². The van der Waals surface area contributed by atoms with E-state index in [9.17, 15) is 5.11 Å². The Labute approximate surface area is 228 Å². The summed E-state index contributed by atoms with van der Waals surface area (Å²) < 4.78 is 5.48. The molecular formula is C23H51N2NaO8. The molecule has 0 bridgehead atoms. The third-order valence-corrected chi connectivity index (χ3v) is 3.65. The Bertz CT molecular complexity index is 389. The Hall–Kier alpha value is -0.750. The van der Waals surface area contributed by atoms with Crippen LogP contribution < -0.4 is 11.1 Å². The molecule has 1 unspecified atom stereocenters. The molecule has 1 atom stereocenters. The summed E-state index contributed by atoms with van der Waals surface area (Å²) in [4.78, 5) is 27.0. The number of ether oxygens (including phenoxy) is 1. The summed E-state index contributed by atoms with van der Waals surface area (Å²) >= 11 is 0. The van der Waals surface area contributed by atoms with E-state index in [0.29, 0.717) is 19.7 Å². The Morgan fingerprint density at radius 3 is 1.50 bits per heavy atom. The van der Waals surface area contributed by atoms with Gasteiger partial charge in [0.25, 0.3) is 17.9 Å². The number of aliphatic carboxylic acids is 3. The van der Waals surface area contributed by atoms with Crippen molar-refractivity contribution in [3.8, 4) is 0 Å². The molecule has 0 spiro atoms. The van der Waals surface area contributed by atoms with E-state index >= 15 is 0 Å². The molecular weight excluding hydrogens is 455 g/mol. The average Bonchev–Trinajstić information content (AvgIpc) is 2.68. The zero-order chi connectivity index (χ0) is 26.3. The zero-order valence-corrected chi connectivity index (χ0v) is 21.2. The molecule has 0 aliphatic carbocycles. The van der Waals surface area contributed by atoms with Crippen LogP contribution in [0.4, 0.5) is 0 Å². The van der Waals surface area contributed by atoms with Gasteiger partial charge in [0.1, 0.15) is 0 Å². The van der Waals surface area contributed by atoms with E-state index < -0.39 is 24.0 Å². The maximum atomic E-state index is 9.61. The van der Waals surface area contributed by atoms with E-state index in [1.165, 1.54) is 57.8 Å². The molecule has 202 valence electrons. The standard InChI is InChI=1S/C17H38N2O2.3C2H4O2.Na.H/c1-2-3-4-5-6-7-8-9-10-11-14-21-16-17(20)15-19-13-12-18;3*1-2(3)4;;/h17,19-20H,2-16,18H2,1H3;3*1H3,(H,3,4);;. The number of hydrogen-bond acceptors (Lipinski definition) is 7. The van der Waals surface area contributed by atoms with Crippen molar-refractivity contribution in [1.29, 1.82) is 0 Å². The number of nitrogens with one attached hydrogen (secondary N) is 1. The molecule has 34 heavy (non-hydrogen) atoms. The van der Waals surface area contributed by atoms with Gasteiger partial charge < -0.3 is 36.2 Å². The first-order chi connectivity index (χ1) is 15.5. The van der Waals surface area contributed by atoms with Crippen LogP contribution in [0.1, 0.15) is 91.9 Å². The first-order valence-corrected chi connectivity index (χ1v) is 11.8. The molecule has 0 saturated carbocycles. The van der Waals surface area contributed by atoms with Crippen molar-refractivity contribution < 1.29 is 39.5 Å². The molecule has 0 aromatic rings. The number of carboxylic acids is 3. The number of carboxylic acid groups (broad SMARTS) is 3. The van der Waals surface area contributed by atoms with Gasteiger partial charge in [0.05, 0.1) is 12.7 Å². The van der Waals surface area contributed by atoms with E-state index in [-0.39, 0.29) is 29.6 Å². The average molecular weight is 507 g/mol. The molecule has 0 amide bonds. The number of aliphatic hydroxyl groups is 1. The van der Waals surface area contributed by atoms with Gasteiger partial charge in [-0.3, -0.25) is 14.4 Å². The van der Waals surface area contributed by atoms with Crippen LogP contribution in [0.3, 0.4) is 0 Å². The molecule has 0 aliphatic heterocycles. The molecule has 0 heterocycles. The van der Waals surface area contributed by atoms with Gasteiger partial charge in [0.15, 0.2) is 0 Å². The summed E-state index contributed by atoms with van der Waals surface area (Å²) in [5.41, 5.74) is 5.36. The Morgan fingerprint density at radius 1 is 0.794 bits per heavy atom. The quantitative estimate of drug-likeness (QED) is 0.127. The van der Waals surface area contributed by atoms with Gasteiger partial charge in [-0.2, -0.15) is 0 Å². The maximum absolute atomic E-state index is 9.61. The molecule has 0 saturated heterocycles. The number of rotatable bonds is 17. The summed E-state index contributed by atoms with van der Waals surface area (Å²) in [5.74, 6) is -2.50. The number of hydrogen-bond donors (Lipinski definition) is 6. The number of aliphatic hydroxyl groups excluding tert-OH is 1. The SMILES string of the molecule is CC(=O)O.CC(=O)O.CC(=O)O.CCCCCCCCCCCCOCC(O)CNCCN.[NaH]. The first-order valence-electron chi connectivity index (χ1n) is 11.8. The minimum absolute atomic E-state index is 0. The minimum atomic E-state index is -0.833. The number of nitrogens with two attached hydrogens (primary N) is 1. The molecule has 0 radical (unpaired) electrons. The van der Waals surface area contributed by atoms with Crippen LogP contribution in [-0.2, 0) is 19.1 Å². The van der Waals surface area contributed by atoms with Crippen molar-refractivity contribution in [2.45, 2.75) is 98.0 Å². The summed E-state index contributed by atoms with van der Waals surface area (Å²) in [6.45, 7) is 8.62. The van der Waals surface area contributed by atoms with Crippen LogP contribution >= 0.6 is 0 Å². The van der Waals surface area contributed by atoms with Gasteiger partial charge in [-0.05, 0) is 6.42 Å². The first kappa shape index (κ1) is 43.3. The van der Waals surface area contributed by atoms with Gasteiger partial charge >= 0.3 is 29.6 Å². The molecule has 0 aromatic carbocycles. The van der Waals surface area contributed by atoms with E-state index in [0.717, 1.165) is 40.3 Å². The van der Waals surface area contributed by atoms with Gasteiger partial charge in [-0.25, -0.2) is 0 Å². The second-order valence-electron chi connectivity index (χ2n) is 7.46. The Morgan fingerprint density at radius 2 is 1.15 bits per heavy atom. The van der Waals surface area contributed by atoms with Crippen LogP contribution in [-0.4, -0.2) is 107 Å². The fourth-order valence-electron chi connectivity index (χ4n) is 2.34. The van der Waals surface area contributed by atoms with E-state index in [4.69, 9.17) is 40.2 Å². The summed E-state index contributed by atoms with van der Waals surface area (Å²) in [6, 6.07) is 0. The summed E-state index contributed by atoms with van der Waals surface area (Å²) in [7, 11) is 0. The van der Waals surface area contributed by atoms with Crippen LogP contribution in [0.2, 0.25) is 0 Å². The second-order valence-corrected chi connectivity index (χ2v) is 7.46. The van der Waals surface area contributed by atoms with Crippen molar-refractivity contribution in [3.05, 3.63) is 0 Å². The summed E-state index contributed by atoms with van der Waals surface area (Å²) in [6.07, 6.45) is 12.9. The normalized spacial score (nSPS) is 10.1. The van der Waals surface area contributed by atoms with Crippen LogP contribution in [0.25, 0.3) is 0 Å². The molecule has 11 heteroatoms. The Balaban J connectivity index is -0.000000178. The van der Waals surface area contributed by atoms with E-state index in [2.05, 4.69) is 12.2 Å². The third-order valence-electron chi connectivity index (χ3n) is 3.65. The number of carbonyl (C=O) groups is 3. The predicted molar refractivity (Wildman–Crippen MR) is 138 cm³/mol. The van der Waals surface area contributed by atoms with Gasteiger partial charge in [0, 0.05) is 47.0 Å². The Kier molecular flexibility index (Phi) is 50.3. The molecule has 7 N–H and O–H groups in total. The predicted octanol–water partition coefficient (Wildman–Crippen LogP) is 2.46. The number of unbranched alkanes of at least 4 members (excludes halogenated alkanes) is 9. The second kappa shape index (κ2) is 39.5. The van der Waals surface area contributed by atoms with Crippen molar-refractivity contribution in [1.82, 2.24) is 5.32 Å². The fourth-order valence-corrected chi connectivity index (χ4v) is 2.34. The van der Waals surface area contributed by atoms with E-state index in [1.54, 1.807) is 0 Å². The van der Waals surface area contributed by atoms with Crippen molar-refractivity contribution in [2.24, 2.45) is 5.73 Å². The monoisotopic (exact) mass is 506 g/mol. The van der Waals surface area contributed by atoms with Crippen molar-refractivity contribution in [3.63, 3.8) is 0 Å².